The Morgan fingerprint density at radius 1 is 1.28 bits per heavy atom. The number of hydrogen-bond acceptors (Lipinski definition) is 5. The predicted octanol–water partition coefficient (Wildman–Crippen LogP) is 1.83. The molecule has 2 aliphatic carbocycles. The number of nitrogens with one attached hydrogen (secondary N) is 1. The molecule has 2 heterocycles. The first-order valence-corrected chi connectivity index (χ1v) is 9.93. The van der Waals surface area contributed by atoms with Crippen LogP contribution in [0.2, 0.25) is 0 Å². The van der Waals surface area contributed by atoms with E-state index in [4.69, 9.17) is 5.73 Å². The molecule has 0 aromatic carbocycles. The summed E-state index contributed by atoms with van der Waals surface area (Å²) in [7, 11) is 0. The number of amides is 2. The first-order valence-electron chi connectivity index (χ1n) is 9.93. The van der Waals surface area contributed by atoms with E-state index in [1.165, 1.54) is 6.20 Å². The number of likely N-dealkylation sites (tertiary alicyclic amines) is 1. The third-order valence-electron chi connectivity index (χ3n) is 6.33. The van der Waals surface area contributed by atoms with Crippen LogP contribution in [0.3, 0.4) is 0 Å². The highest BCUT2D eigenvalue weighted by Gasteiger charge is 2.49. The summed E-state index contributed by atoms with van der Waals surface area (Å²) in [4.78, 5) is 25.8. The number of nitrogens with two attached hydrogens (primary N) is 1. The van der Waals surface area contributed by atoms with Gasteiger partial charge in [-0.15, -0.1) is 0 Å². The fourth-order valence-corrected chi connectivity index (χ4v) is 4.40. The molecule has 1 aromatic heterocycles. The van der Waals surface area contributed by atoms with Crippen molar-refractivity contribution >= 4 is 17.6 Å². The monoisotopic (exact) mass is 406 g/mol. The van der Waals surface area contributed by atoms with Crippen molar-refractivity contribution in [1.82, 2.24) is 14.7 Å². The molecule has 2 amide bonds. The second-order valence-corrected chi connectivity index (χ2v) is 8.52. The molecular weight excluding hydrogens is 382 g/mol. The van der Waals surface area contributed by atoms with Crippen LogP contribution < -0.4 is 11.1 Å². The van der Waals surface area contributed by atoms with Crippen molar-refractivity contribution in [3.63, 3.8) is 0 Å². The first-order chi connectivity index (χ1) is 13.7. The highest BCUT2D eigenvalue weighted by atomic mass is 19.3. The minimum atomic E-state index is -2.60. The smallest absolute Gasteiger partial charge is 0.272 e. The molecule has 4 rings (SSSR count). The second kappa shape index (κ2) is 7.06. The lowest BCUT2D eigenvalue weighted by Crippen LogP contribution is -2.61. The van der Waals surface area contributed by atoms with Crippen molar-refractivity contribution in [3.8, 4) is 6.07 Å². The number of hydrogen-bond donors (Lipinski definition) is 2. The molecule has 1 aromatic rings. The third-order valence-corrected chi connectivity index (χ3v) is 6.33. The topological polar surface area (TPSA) is 117 Å². The lowest BCUT2D eigenvalue weighted by Gasteiger charge is -2.48. The summed E-state index contributed by atoms with van der Waals surface area (Å²) >= 11 is 0. The summed E-state index contributed by atoms with van der Waals surface area (Å²) in [5.41, 5.74) is 4.93. The Labute approximate surface area is 167 Å². The van der Waals surface area contributed by atoms with Gasteiger partial charge in [0.1, 0.15) is 5.56 Å². The van der Waals surface area contributed by atoms with Crippen LogP contribution in [-0.4, -0.2) is 51.5 Å². The number of aromatic nitrogens is 2. The van der Waals surface area contributed by atoms with Gasteiger partial charge in [-0.2, -0.15) is 10.4 Å². The lowest BCUT2D eigenvalue weighted by atomic mass is 9.76. The van der Waals surface area contributed by atoms with Gasteiger partial charge in [0.2, 0.25) is 5.91 Å². The molecule has 0 radical (unpaired) electrons. The Kier molecular flexibility index (Phi) is 4.81. The van der Waals surface area contributed by atoms with Gasteiger partial charge in [-0.1, -0.05) is 0 Å². The number of carbonyl (C=O) groups excluding carboxylic acids is 2. The maximum atomic E-state index is 13.2. The maximum Gasteiger partial charge on any atom is 0.272 e. The average Bonchev–Trinajstić information content (AvgIpc) is 3.41. The highest BCUT2D eigenvalue weighted by molar-refractivity contribution is 6.02. The van der Waals surface area contributed by atoms with Gasteiger partial charge in [0.25, 0.3) is 11.8 Å². The summed E-state index contributed by atoms with van der Waals surface area (Å²) in [5.74, 6) is -3.43. The van der Waals surface area contributed by atoms with Gasteiger partial charge in [-0.3, -0.25) is 19.2 Å². The molecule has 0 spiro atoms. The zero-order valence-electron chi connectivity index (χ0n) is 16.0. The van der Waals surface area contributed by atoms with Crippen LogP contribution in [0.5, 0.6) is 0 Å². The summed E-state index contributed by atoms with van der Waals surface area (Å²) in [6.07, 6.45) is 5.76. The Bertz CT molecular complexity index is 857. The van der Waals surface area contributed by atoms with E-state index in [1.807, 2.05) is 0 Å². The van der Waals surface area contributed by atoms with E-state index in [0.717, 1.165) is 12.8 Å². The SMILES string of the molecule is N#CC[C@]1(n2cc(C(N)=O)c(NC(=O)C3CC3)n2)CC[C@H](N2CC(F)(F)C2)CC1. The van der Waals surface area contributed by atoms with Gasteiger partial charge in [-0.05, 0) is 38.5 Å². The number of alkyl halides is 2. The highest BCUT2D eigenvalue weighted by Crippen LogP contribution is 2.42. The zero-order chi connectivity index (χ0) is 20.8. The summed E-state index contributed by atoms with van der Waals surface area (Å²) in [6.45, 7) is -0.429. The molecule has 8 nitrogen and oxygen atoms in total. The first kappa shape index (κ1) is 19.8. The van der Waals surface area contributed by atoms with Crippen molar-refractivity contribution in [1.29, 1.82) is 5.26 Å². The number of carbonyl (C=O) groups is 2. The molecule has 10 heteroatoms. The van der Waals surface area contributed by atoms with Crippen LogP contribution in [0, 0.1) is 17.2 Å². The van der Waals surface area contributed by atoms with Crippen molar-refractivity contribution in [2.75, 3.05) is 18.4 Å². The van der Waals surface area contributed by atoms with Crippen LogP contribution in [0.25, 0.3) is 0 Å². The number of halogens is 2. The van der Waals surface area contributed by atoms with Gasteiger partial charge in [0.05, 0.1) is 31.1 Å². The Morgan fingerprint density at radius 2 is 1.93 bits per heavy atom. The molecule has 1 aliphatic heterocycles. The molecule has 0 bridgehead atoms. The molecule has 1 saturated heterocycles. The fourth-order valence-electron chi connectivity index (χ4n) is 4.40. The molecule has 3 fully saturated rings. The number of nitriles is 1. The van der Waals surface area contributed by atoms with Crippen molar-refractivity contribution in [3.05, 3.63) is 11.8 Å². The molecule has 3 N–H and O–H groups in total. The summed E-state index contributed by atoms with van der Waals surface area (Å²) in [5, 5.41) is 16.5. The molecule has 3 aliphatic rings. The van der Waals surface area contributed by atoms with Gasteiger partial charge < -0.3 is 11.1 Å². The molecule has 156 valence electrons. The minimum Gasteiger partial charge on any atom is -0.365 e. The van der Waals surface area contributed by atoms with E-state index in [0.29, 0.717) is 25.7 Å². The molecule has 0 unspecified atom stereocenters. The van der Waals surface area contributed by atoms with Gasteiger partial charge in [-0.25, -0.2) is 8.78 Å². The minimum absolute atomic E-state index is 0.0564. The van der Waals surface area contributed by atoms with E-state index in [2.05, 4.69) is 16.5 Å². The zero-order valence-corrected chi connectivity index (χ0v) is 16.0. The van der Waals surface area contributed by atoms with Crippen LogP contribution in [0.4, 0.5) is 14.6 Å². The van der Waals surface area contributed by atoms with E-state index >= 15 is 0 Å². The van der Waals surface area contributed by atoms with Crippen LogP contribution >= 0.6 is 0 Å². The van der Waals surface area contributed by atoms with Gasteiger partial charge in [0.15, 0.2) is 5.82 Å². The van der Waals surface area contributed by atoms with E-state index < -0.39 is 17.4 Å². The van der Waals surface area contributed by atoms with E-state index in [-0.39, 0.29) is 48.8 Å². The summed E-state index contributed by atoms with van der Waals surface area (Å²) in [6, 6.07) is 2.25. The average molecular weight is 406 g/mol. The predicted molar refractivity (Wildman–Crippen MR) is 99.1 cm³/mol. The largest absolute Gasteiger partial charge is 0.365 e. The van der Waals surface area contributed by atoms with Gasteiger partial charge >= 0.3 is 0 Å². The van der Waals surface area contributed by atoms with E-state index in [9.17, 15) is 23.6 Å². The Hall–Kier alpha value is -2.54. The number of primary amides is 1. The van der Waals surface area contributed by atoms with Crippen molar-refractivity contribution in [2.24, 2.45) is 11.7 Å². The molecule has 2 saturated carbocycles. The quantitative estimate of drug-likeness (QED) is 0.747. The molecule has 0 atom stereocenters. The fraction of sp³-hybridized carbons (Fsp3) is 0.684. The van der Waals surface area contributed by atoms with Crippen LogP contribution in [-0.2, 0) is 10.3 Å². The normalized spacial score (nSPS) is 28.9. The lowest BCUT2D eigenvalue weighted by molar-refractivity contribution is -0.152. The number of anilines is 1. The molecular formula is C19H24F2N6O2. The van der Waals surface area contributed by atoms with E-state index in [1.54, 1.807) is 9.58 Å². The summed E-state index contributed by atoms with van der Waals surface area (Å²) < 4.78 is 28.0. The van der Waals surface area contributed by atoms with Crippen LogP contribution in [0.1, 0.15) is 55.3 Å². The van der Waals surface area contributed by atoms with Crippen molar-refractivity contribution < 1.29 is 18.4 Å². The Morgan fingerprint density at radius 3 is 2.45 bits per heavy atom. The number of rotatable bonds is 6. The maximum absolute atomic E-state index is 13.2. The Balaban J connectivity index is 1.53. The van der Waals surface area contributed by atoms with Gasteiger partial charge in [0, 0.05) is 18.2 Å². The van der Waals surface area contributed by atoms with Crippen LogP contribution in [0.15, 0.2) is 6.20 Å². The third kappa shape index (κ3) is 3.83. The second-order valence-electron chi connectivity index (χ2n) is 8.52. The van der Waals surface area contributed by atoms with Crippen molar-refractivity contribution in [2.45, 2.75) is 62.4 Å². The molecule has 29 heavy (non-hydrogen) atoms. The number of nitrogens with zero attached hydrogens (tertiary/aromatic N) is 4. The standard InChI is InChI=1S/C19H24F2N6O2/c20-19(21)10-26(11-19)13-3-5-18(6-4-13,7-8-22)27-9-14(15(23)28)16(25-27)24-17(29)12-1-2-12/h9,12-13H,1-7,10-11H2,(H2,23,28)(H,24,25,29)/t13-,18-.